The third kappa shape index (κ3) is 2.62. The number of nitrogens with two attached hydrogens (primary N) is 1. The monoisotopic (exact) mass is 213 g/mol. The molecule has 1 rings (SSSR count). The molecule has 1 aliphatic rings. The number of rotatable bonds is 3. The van der Waals surface area contributed by atoms with Crippen LogP contribution in [0.2, 0.25) is 0 Å². The third-order valence-electron chi connectivity index (χ3n) is 2.56. The number of thiol groups is 1. The van der Waals surface area contributed by atoms with Gasteiger partial charge in [-0.15, -0.1) is 0 Å². The zero-order chi connectivity index (χ0) is 10.6. The van der Waals surface area contributed by atoms with Gasteiger partial charge in [-0.1, -0.05) is 13.0 Å². The Morgan fingerprint density at radius 3 is 2.93 bits per heavy atom. The maximum absolute atomic E-state index is 5.89. The summed E-state index contributed by atoms with van der Waals surface area (Å²) in [5.41, 5.74) is 8.56. The fourth-order valence-electron chi connectivity index (χ4n) is 1.92. The smallest absolute Gasteiger partial charge is 0.0938 e. The van der Waals surface area contributed by atoms with Crippen LogP contribution in [0.15, 0.2) is 22.6 Å². The maximum Gasteiger partial charge on any atom is 0.0938 e. The van der Waals surface area contributed by atoms with E-state index in [0.29, 0.717) is 0 Å². The molecule has 2 atom stereocenters. The number of hydrogen-bond donors (Lipinski definition) is 2. The van der Waals surface area contributed by atoms with Crippen LogP contribution in [-0.4, -0.2) is 18.8 Å². The van der Waals surface area contributed by atoms with Gasteiger partial charge in [0.15, 0.2) is 0 Å². The van der Waals surface area contributed by atoms with Crippen molar-refractivity contribution in [2.24, 2.45) is 5.73 Å². The molecule has 80 valence electrons. The van der Waals surface area contributed by atoms with E-state index in [-0.39, 0.29) is 12.1 Å². The summed E-state index contributed by atoms with van der Waals surface area (Å²) in [6.45, 7) is 4.91. The largest absolute Gasteiger partial charge is 0.372 e. The summed E-state index contributed by atoms with van der Waals surface area (Å²) in [7, 11) is 0. The van der Waals surface area contributed by atoms with Gasteiger partial charge in [-0.3, -0.25) is 0 Å². The molecule has 0 spiro atoms. The molecule has 0 bridgehead atoms. The molecule has 0 radical (unpaired) electrons. The second-order valence-corrected chi connectivity index (χ2v) is 3.92. The first-order valence-electron chi connectivity index (χ1n) is 5.10. The first-order chi connectivity index (χ1) is 6.70. The van der Waals surface area contributed by atoms with E-state index in [1.807, 2.05) is 6.92 Å². The van der Waals surface area contributed by atoms with E-state index in [4.69, 9.17) is 10.5 Å². The van der Waals surface area contributed by atoms with Crippen molar-refractivity contribution >= 4 is 12.6 Å². The molecule has 0 saturated heterocycles. The summed E-state index contributed by atoms with van der Waals surface area (Å²) in [6.07, 6.45) is 4.12. The fraction of sp³-hybridized carbons (Fsp3) is 0.636. The standard InChI is InChI=1S/C11H19NOS/c1-3-10-9(5-7-14)4-6-13-11(10)8(2)12/h5,7-8,11,14H,3-4,6,12H2,1-2H3/b7-5-/t8-,11+/m0/s1. The maximum atomic E-state index is 5.89. The van der Waals surface area contributed by atoms with Crippen molar-refractivity contribution < 1.29 is 4.74 Å². The molecular weight excluding hydrogens is 194 g/mol. The zero-order valence-electron chi connectivity index (χ0n) is 8.86. The average molecular weight is 213 g/mol. The molecule has 0 fully saturated rings. The molecule has 0 unspecified atom stereocenters. The van der Waals surface area contributed by atoms with Crippen LogP contribution in [0.4, 0.5) is 0 Å². The summed E-state index contributed by atoms with van der Waals surface area (Å²) < 4.78 is 5.68. The fourth-order valence-corrected chi connectivity index (χ4v) is 2.10. The van der Waals surface area contributed by atoms with Crippen molar-refractivity contribution in [3.63, 3.8) is 0 Å². The van der Waals surface area contributed by atoms with Gasteiger partial charge < -0.3 is 10.5 Å². The first-order valence-corrected chi connectivity index (χ1v) is 5.62. The lowest BCUT2D eigenvalue weighted by Crippen LogP contribution is -2.38. The molecule has 0 aromatic rings. The summed E-state index contributed by atoms with van der Waals surface area (Å²) in [4.78, 5) is 0. The van der Waals surface area contributed by atoms with Crippen LogP contribution >= 0.6 is 12.6 Å². The highest BCUT2D eigenvalue weighted by Crippen LogP contribution is 2.26. The summed E-state index contributed by atoms with van der Waals surface area (Å²) >= 11 is 4.10. The molecule has 0 aromatic heterocycles. The molecule has 0 aromatic carbocycles. The Bertz CT molecular complexity index is 246. The SMILES string of the molecule is CCC1=C(/C=C\S)CCO[C@@H]1[C@H](C)N. The van der Waals surface area contributed by atoms with Gasteiger partial charge in [-0.2, -0.15) is 12.6 Å². The molecular formula is C11H19NOS. The highest BCUT2D eigenvalue weighted by Gasteiger charge is 2.24. The lowest BCUT2D eigenvalue weighted by atomic mass is 9.92. The van der Waals surface area contributed by atoms with Crippen molar-refractivity contribution in [3.8, 4) is 0 Å². The Morgan fingerprint density at radius 2 is 2.43 bits per heavy atom. The van der Waals surface area contributed by atoms with Crippen LogP contribution in [0.1, 0.15) is 26.7 Å². The van der Waals surface area contributed by atoms with Crippen molar-refractivity contribution in [2.75, 3.05) is 6.61 Å². The van der Waals surface area contributed by atoms with E-state index in [0.717, 1.165) is 19.4 Å². The van der Waals surface area contributed by atoms with Crippen molar-refractivity contribution in [1.82, 2.24) is 0 Å². The molecule has 2 N–H and O–H groups in total. The lowest BCUT2D eigenvalue weighted by molar-refractivity contribution is 0.0529. The summed E-state index contributed by atoms with van der Waals surface area (Å²) in [5.74, 6) is 0. The third-order valence-corrected chi connectivity index (χ3v) is 2.71. The predicted octanol–water partition coefficient (Wildman–Crippen LogP) is 2.27. The average Bonchev–Trinajstić information content (AvgIpc) is 2.18. The first kappa shape index (κ1) is 11.8. The van der Waals surface area contributed by atoms with Gasteiger partial charge in [0.25, 0.3) is 0 Å². The van der Waals surface area contributed by atoms with Crippen molar-refractivity contribution in [2.45, 2.75) is 38.8 Å². The highest BCUT2D eigenvalue weighted by molar-refractivity contribution is 7.83. The molecule has 0 saturated carbocycles. The topological polar surface area (TPSA) is 35.2 Å². The van der Waals surface area contributed by atoms with E-state index in [2.05, 4.69) is 25.6 Å². The second-order valence-electron chi connectivity index (χ2n) is 3.62. The van der Waals surface area contributed by atoms with Gasteiger partial charge in [0.05, 0.1) is 12.7 Å². The number of hydrogen-bond acceptors (Lipinski definition) is 3. The van der Waals surface area contributed by atoms with Crippen LogP contribution in [0.3, 0.4) is 0 Å². The molecule has 3 heteroatoms. The summed E-state index contributed by atoms with van der Waals surface area (Å²) in [5, 5.41) is 1.79. The van der Waals surface area contributed by atoms with E-state index in [9.17, 15) is 0 Å². The van der Waals surface area contributed by atoms with Crippen LogP contribution in [0.25, 0.3) is 0 Å². The van der Waals surface area contributed by atoms with Crippen LogP contribution in [-0.2, 0) is 4.74 Å². The molecule has 2 nitrogen and oxygen atoms in total. The molecule has 0 aliphatic carbocycles. The molecule has 14 heavy (non-hydrogen) atoms. The minimum absolute atomic E-state index is 0.0635. The van der Waals surface area contributed by atoms with Crippen molar-refractivity contribution in [1.29, 1.82) is 0 Å². The second kappa shape index (κ2) is 5.59. The van der Waals surface area contributed by atoms with Gasteiger partial charge in [-0.05, 0) is 36.3 Å². The zero-order valence-corrected chi connectivity index (χ0v) is 9.76. The Balaban J connectivity index is 2.94. The number of ether oxygens (including phenoxy) is 1. The van der Waals surface area contributed by atoms with Gasteiger partial charge in [0, 0.05) is 6.04 Å². The van der Waals surface area contributed by atoms with Gasteiger partial charge >= 0.3 is 0 Å². The molecule has 1 aliphatic heterocycles. The van der Waals surface area contributed by atoms with Crippen LogP contribution < -0.4 is 5.73 Å². The van der Waals surface area contributed by atoms with E-state index in [1.165, 1.54) is 11.1 Å². The van der Waals surface area contributed by atoms with Gasteiger partial charge in [0.2, 0.25) is 0 Å². The highest BCUT2D eigenvalue weighted by atomic mass is 32.1. The van der Waals surface area contributed by atoms with Crippen LogP contribution in [0.5, 0.6) is 0 Å². The summed E-state index contributed by atoms with van der Waals surface area (Å²) in [6, 6.07) is 0.0635. The minimum atomic E-state index is 0.0635. The van der Waals surface area contributed by atoms with E-state index in [1.54, 1.807) is 5.41 Å². The van der Waals surface area contributed by atoms with E-state index < -0.39 is 0 Å². The lowest BCUT2D eigenvalue weighted by Gasteiger charge is -2.30. The number of allylic oxidation sites excluding steroid dienone is 1. The van der Waals surface area contributed by atoms with E-state index >= 15 is 0 Å². The Kier molecular flexibility index (Phi) is 4.72. The predicted molar refractivity (Wildman–Crippen MR) is 63.4 cm³/mol. The van der Waals surface area contributed by atoms with Crippen molar-refractivity contribution in [3.05, 3.63) is 22.6 Å². The Hall–Kier alpha value is -0.250. The van der Waals surface area contributed by atoms with Crippen LogP contribution in [0, 0.1) is 0 Å². The Morgan fingerprint density at radius 1 is 1.71 bits per heavy atom. The minimum Gasteiger partial charge on any atom is -0.372 e. The molecule has 1 heterocycles. The van der Waals surface area contributed by atoms with Gasteiger partial charge in [-0.25, -0.2) is 0 Å². The molecule has 0 amide bonds. The normalized spacial score (nSPS) is 25.9. The Labute approximate surface area is 91.6 Å². The van der Waals surface area contributed by atoms with Gasteiger partial charge in [0.1, 0.15) is 0 Å². The quantitative estimate of drug-likeness (QED) is 0.705.